The summed E-state index contributed by atoms with van der Waals surface area (Å²) in [7, 11) is 0. The summed E-state index contributed by atoms with van der Waals surface area (Å²) < 4.78 is 1.07. The largest absolute Gasteiger partial charge is 0.369 e. The lowest BCUT2D eigenvalue weighted by Crippen LogP contribution is -2.22. The predicted octanol–water partition coefficient (Wildman–Crippen LogP) is 2.93. The summed E-state index contributed by atoms with van der Waals surface area (Å²) >= 11 is 2.24. The molecular formula is C10H16IN3. The van der Waals surface area contributed by atoms with E-state index in [1.54, 1.807) is 6.33 Å². The molecule has 1 aromatic heterocycles. The van der Waals surface area contributed by atoms with Crippen molar-refractivity contribution in [2.75, 3.05) is 11.9 Å². The van der Waals surface area contributed by atoms with Gasteiger partial charge < -0.3 is 5.32 Å². The molecule has 78 valence electrons. The van der Waals surface area contributed by atoms with Crippen molar-refractivity contribution < 1.29 is 0 Å². The van der Waals surface area contributed by atoms with Crippen molar-refractivity contribution in [1.82, 2.24) is 9.97 Å². The van der Waals surface area contributed by atoms with Crippen LogP contribution < -0.4 is 5.32 Å². The molecule has 0 spiro atoms. The molecule has 1 rings (SSSR count). The van der Waals surface area contributed by atoms with Crippen LogP contribution in [0, 0.1) is 8.99 Å². The quantitative estimate of drug-likeness (QED) is 0.869. The SMILES string of the molecule is CCC(C)(C)CNc1ncncc1I. The average molecular weight is 305 g/mol. The number of nitrogens with zero attached hydrogens (tertiary/aromatic N) is 2. The van der Waals surface area contributed by atoms with Crippen molar-refractivity contribution in [3.8, 4) is 0 Å². The lowest BCUT2D eigenvalue weighted by molar-refractivity contribution is 0.376. The van der Waals surface area contributed by atoms with Gasteiger partial charge in [0.15, 0.2) is 0 Å². The van der Waals surface area contributed by atoms with E-state index in [0.717, 1.165) is 22.4 Å². The van der Waals surface area contributed by atoms with Crippen LogP contribution in [0.25, 0.3) is 0 Å². The van der Waals surface area contributed by atoms with Gasteiger partial charge in [0.05, 0.1) is 3.57 Å². The zero-order valence-corrected chi connectivity index (χ0v) is 11.0. The van der Waals surface area contributed by atoms with Gasteiger partial charge in [0.2, 0.25) is 0 Å². The Kier molecular flexibility index (Phi) is 4.10. The van der Waals surface area contributed by atoms with E-state index < -0.39 is 0 Å². The lowest BCUT2D eigenvalue weighted by Gasteiger charge is -2.23. The molecule has 0 radical (unpaired) electrons. The van der Waals surface area contributed by atoms with E-state index in [1.807, 2.05) is 6.20 Å². The van der Waals surface area contributed by atoms with Crippen LogP contribution in [0.5, 0.6) is 0 Å². The molecule has 0 aliphatic rings. The zero-order chi connectivity index (χ0) is 10.6. The number of rotatable bonds is 4. The molecule has 0 unspecified atom stereocenters. The molecule has 4 heteroatoms. The standard InChI is InChI=1S/C10H16IN3/c1-4-10(2,3)6-13-9-8(11)5-12-7-14-9/h5,7H,4,6H2,1-3H3,(H,12,13,14). The van der Waals surface area contributed by atoms with Gasteiger partial charge in [0.25, 0.3) is 0 Å². The van der Waals surface area contributed by atoms with E-state index in [0.29, 0.717) is 5.41 Å². The maximum atomic E-state index is 4.19. The topological polar surface area (TPSA) is 37.8 Å². The van der Waals surface area contributed by atoms with Crippen LogP contribution in [0.2, 0.25) is 0 Å². The highest BCUT2D eigenvalue weighted by Crippen LogP contribution is 2.21. The molecule has 0 bridgehead atoms. The van der Waals surface area contributed by atoms with Crippen molar-refractivity contribution in [2.45, 2.75) is 27.2 Å². The summed E-state index contributed by atoms with van der Waals surface area (Å²) in [5.41, 5.74) is 0.314. The summed E-state index contributed by atoms with van der Waals surface area (Å²) in [5.74, 6) is 0.933. The van der Waals surface area contributed by atoms with E-state index in [1.165, 1.54) is 0 Å². The third kappa shape index (κ3) is 3.40. The van der Waals surface area contributed by atoms with Gasteiger partial charge in [-0.05, 0) is 34.4 Å². The Labute approximate surface area is 98.9 Å². The minimum absolute atomic E-state index is 0.314. The summed E-state index contributed by atoms with van der Waals surface area (Å²) in [6.45, 7) is 7.63. The Morgan fingerprint density at radius 3 is 2.79 bits per heavy atom. The van der Waals surface area contributed by atoms with Crippen LogP contribution in [0.1, 0.15) is 27.2 Å². The molecule has 0 aliphatic heterocycles. The molecular weight excluding hydrogens is 289 g/mol. The molecule has 0 aliphatic carbocycles. The Hall–Kier alpha value is -0.390. The molecule has 0 aromatic carbocycles. The summed E-state index contributed by atoms with van der Waals surface area (Å²) in [6, 6.07) is 0. The van der Waals surface area contributed by atoms with Crippen LogP contribution in [0.15, 0.2) is 12.5 Å². The Balaban J connectivity index is 2.58. The van der Waals surface area contributed by atoms with E-state index in [-0.39, 0.29) is 0 Å². The van der Waals surface area contributed by atoms with Gasteiger partial charge in [0.1, 0.15) is 12.1 Å². The van der Waals surface area contributed by atoms with Gasteiger partial charge in [0, 0.05) is 12.7 Å². The van der Waals surface area contributed by atoms with Crippen LogP contribution >= 0.6 is 22.6 Å². The normalized spacial score (nSPS) is 11.4. The van der Waals surface area contributed by atoms with Crippen LogP contribution in [-0.2, 0) is 0 Å². The molecule has 1 N–H and O–H groups in total. The van der Waals surface area contributed by atoms with Gasteiger partial charge >= 0.3 is 0 Å². The number of nitrogens with one attached hydrogen (secondary N) is 1. The number of halogens is 1. The molecule has 1 aromatic rings. The fourth-order valence-electron chi connectivity index (χ4n) is 0.891. The zero-order valence-electron chi connectivity index (χ0n) is 8.84. The monoisotopic (exact) mass is 305 g/mol. The number of hydrogen-bond donors (Lipinski definition) is 1. The van der Waals surface area contributed by atoms with E-state index >= 15 is 0 Å². The molecule has 14 heavy (non-hydrogen) atoms. The Morgan fingerprint density at radius 1 is 1.50 bits per heavy atom. The van der Waals surface area contributed by atoms with Crippen molar-refractivity contribution in [1.29, 1.82) is 0 Å². The third-order valence-corrected chi connectivity index (χ3v) is 3.15. The molecule has 0 saturated heterocycles. The molecule has 3 nitrogen and oxygen atoms in total. The van der Waals surface area contributed by atoms with Crippen molar-refractivity contribution >= 4 is 28.4 Å². The van der Waals surface area contributed by atoms with Crippen molar-refractivity contribution in [3.05, 3.63) is 16.1 Å². The lowest BCUT2D eigenvalue weighted by atomic mass is 9.90. The number of anilines is 1. The van der Waals surface area contributed by atoms with Gasteiger partial charge in [-0.1, -0.05) is 20.8 Å². The first-order valence-electron chi connectivity index (χ1n) is 4.74. The van der Waals surface area contributed by atoms with Gasteiger partial charge in [-0.3, -0.25) is 0 Å². The summed E-state index contributed by atoms with van der Waals surface area (Å²) in [6.07, 6.45) is 4.54. The highest BCUT2D eigenvalue weighted by Gasteiger charge is 2.15. The van der Waals surface area contributed by atoms with Crippen LogP contribution in [0.3, 0.4) is 0 Å². The van der Waals surface area contributed by atoms with Crippen molar-refractivity contribution in [3.63, 3.8) is 0 Å². The maximum Gasteiger partial charge on any atom is 0.142 e. The second-order valence-electron chi connectivity index (χ2n) is 4.09. The van der Waals surface area contributed by atoms with E-state index in [9.17, 15) is 0 Å². The molecule has 0 saturated carbocycles. The number of hydrogen-bond acceptors (Lipinski definition) is 3. The van der Waals surface area contributed by atoms with Crippen molar-refractivity contribution in [2.24, 2.45) is 5.41 Å². The fourth-order valence-corrected chi connectivity index (χ4v) is 1.38. The minimum atomic E-state index is 0.314. The second kappa shape index (κ2) is 4.91. The Morgan fingerprint density at radius 2 is 2.21 bits per heavy atom. The van der Waals surface area contributed by atoms with Crippen LogP contribution in [-0.4, -0.2) is 16.5 Å². The fraction of sp³-hybridized carbons (Fsp3) is 0.600. The first-order valence-corrected chi connectivity index (χ1v) is 5.82. The van der Waals surface area contributed by atoms with E-state index in [2.05, 4.69) is 58.6 Å². The summed E-state index contributed by atoms with van der Waals surface area (Å²) in [4.78, 5) is 8.14. The predicted molar refractivity (Wildman–Crippen MR) is 67.3 cm³/mol. The van der Waals surface area contributed by atoms with Gasteiger partial charge in [-0.15, -0.1) is 0 Å². The highest BCUT2D eigenvalue weighted by atomic mass is 127. The first kappa shape index (κ1) is 11.7. The smallest absolute Gasteiger partial charge is 0.142 e. The van der Waals surface area contributed by atoms with Crippen LogP contribution in [0.4, 0.5) is 5.82 Å². The molecule has 1 heterocycles. The molecule has 0 amide bonds. The highest BCUT2D eigenvalue weighted by molar-refractivity contribution is 14.1. The summed E-state index contributed by atoms with van der Waals surface area (Å²) in [5, 5.41) is 3.35. The Bertz CT molecular complexity index is 299. The minimum Gasteiger partial charge on any atom is -0.369 e. The van der Waals surface area contributed by atoms with Gasteiger partial charge in [-0.2, -0.15) is 0 Å². The van der Waals surface area contributed by atoms with E-state index in [4.69, 9.17) is 0 Å². The number of aromatic nitrogens is 2. The molecule has 0 fully saturated rings. The average Bonchev–Trinajstić information content (AvgIpc) is 2.17. The first-order chi connectivity index (χ1) is 6.55. The van der Waals surface area contributed by atoms with Gasteiger partial charge in [-0.25, -0.2) is 9.97 Å². The third-order valence-electron chi connectivity index (χ3n) is 2.36. The maximum absolute atomic E-state index is 4.19. The second-order valence-corrected chi connectivity index (χ2v) is 5.25. The molecule has 0 atom stereocenters.